The highest BCUT2D eigenvalue weighted by molar-refractivity contribution is 6.04. The van der Waals surface area contributed by atoms with E-state index in [0.29, 0.717) is 5.56 Å². The van der Waals surface area contributed by atoms with E-state index >= 15 is 0 Å². The first kappa shape index (κ1) is 16.1. The molecule has 3 aromatic rings. The fourth-order valence-electron chi connectivity index (χ4n) is 1.81. The third kappa shape index (κ3) is 5.55. The van der Waals surface area contributed by atoms with E-state index in [4.69, 9.17) is 11.5 Å². The maximum absolute atomic E-state index is 11.7. The van der Waals surface area contributed by atoms with Crippen molar-refractivity contribution in [2.24, 2.45) is 0 Å². The van der Waals surface area contributed by atoms with E-state index < -0.39 is 0 Å². The lowest BCUT2D eigenvalue weighted by molar-refractivity contribution is 0.102. The summed E-state index contributed by atoms with van der Waals surface area (Å²) in [5.41, 5.74) is 13.7. The van der Waals surface area contributed by atoms with Crippen molar-refractivity contribution in [3.05, 3.63) is 90.5 Å². The fourth-order valence-corrected chi connectivity index (χ4v) is 1.81. The van der Waals surface area contributed by atoms with Crippen LogP contribution in [0, 0.1) is 0 Å². The normalized spacial score (nSPS) is 9.39. The van der Waals surface area contributed by atoms with Gasteiger partial charge in [0, 0.05) is 22.6 Å². The Balaban J connectivity index is 0.000000203. The van der Waals surface area contributed by atoms with Crippen molar-refractivity contribution >= 4 is 23.0 Å². The van der Waals surface area contributed by atoms with Gasteiger partial charge < -0.3 is 16.8 Å². The van der Waals surface area contributed by atoms with Crippen LogP contribution in [-0.2, 0) is 0 Å². The molecule has 1 amide bonds. The molecule has 4 heteroatoms. The molecule has 0 spiro atoms. The van der Waals surface area contributed by atoms with Crippen LogP contribution in [-0.4, -0.2) is 5.91 Å². The van der Waals surface area contributed by atoms with E-state index in [0.717, 1.165) is 17.1 Å². The summed E-state index contributed by atoms with van der Waals surface area (Å²) in [4.78, 5) is 11.7. The number of rotatable bonds is 2. The lowest BCUT2D eigenvalue weighted by atomic mass is 10.2. The van der Waals surface area contributed by atoms with Crippen LogP contribution >= 0.6 is 0 Å². The van der Waals surface area contributed by atoms with Crippen LogP contribution in [0.3, 0.4) is 0 Å². The van der Waals surface area contributed by atoms with Gasteiger partial charge in [0.05, 0.1) is 0 Å². The van der Waals surface area contributed by atoms with Gasteiger partial charge in [-0.2, -0.15) is 0 Å². The molecule has 0 aliphatic heterocycles. The molecule has 0 fully saturated rings. The van der Waals surface area contributed by atoms with Crippen molar-refractivity contribution in [3.63, 3.8) is 0 Å². The highest BCUT2D eigenvalue weighted by Gasteiger charge is 2.03. The molecule has 0 aromatic heterocycles. The van der Waals surface area contributed by atoms with Crippen molar-refractivity contribution in [1.82, 2.24) is 0 Å². The number of carbonyl (C=O) groups is 1. The maximum atomic E-state index is 11.7. The fraction of sp³-hybridized carbons (Fsp3) is 0. The van der Waals surface area contributed by atoms with E-state index in [-0.39, 0.29) is 5.91 Å². The predicted octanol–water partition coefficient (Wildman–Crippen LogP) is 3.79. The molecule has 4 nitrogen and oxygen atoms in total. The summed E-state index contributed by atoms with van der Waals surface area (Å²) in [6.07, 6.45) is 0. The topological polar surface area (TPSA) is 81.1 Å². The number of nitrogens with one attached hydrogen (secondary N) is 1. The van der Waals surface area contributed by atoms with Gasteiger partial charge in [0.25, 0.3) is 5.91 Å². The number of para-hydroxylation sites is 1. The number of hydrogen-bond acceptors (Lipinski definition) is 3. The Morgan fingerprint density at radius 3 is 1.57 bits per heavy atom. The number of benzene rings is 3. The van der Waals surface area contributed by atoms with Crippen LogP contribution in [0.5, 0.6) is 0 Å². The van der Waals surface area contributed by atoms with Crippen LogP contribution in [0.15, 0.2) is 84.9 Å². The number of hydrogen-bond donors (Lipinski definition) is 3. The molecule has 0 heterocycles. The number of anilines is 3. The van der Waals surface area contributed by atoms with Crippen molar-refractivity contribution in [3.8, 4) is 0 Å². The lowest BCUT2D eigenvalue weighted by Gasteiger charge is -2.03. The van der Waals surface area contributed by atoms with Gasteiger partial charge >= 0.3 is 0 Å². The molecule has 0 saturated carbocycles. The van der Waals surface area contributed by atoms with Gasteiger partial charge in [0.15, 0.2) is 0 Å². The first-order valence-corrected chi connectivity index (χ1v) is 7.17. The quantitative estimate of drug-likeness (QED) is 0.630. The smallest absolute Gasteiger partial charge is 0.255 e. The summed E-state index contributed by atoms with van der Waals surface area (Å²) in [6, 6.07) is 25.7. The van der Waals surface area contributed by atoms with Crippen molar-refractivity contribution in [2.75, 3.05) is 16.8 Å². The molecule has 3 rings (SSSR count). The Bertz CT molecular complexity index is 705. The zero-order valence-electron chi connectivity index (χ0n) is 12.6. The molecule has 5 N–H and O–H groups in total. The summed E-state index contributed by atoms with van der Waals surface area (Å²) in [5.74, 6) is -0.0817. The summed E-state index contributed by atoms with van der Waals surface area (Å²) in [5, 5.41) is 2.82. The highest BCUT2D eigenvalue weighted by Crippen LogP contribution is 2.08. The molecule has 0 radical (unpaired) electrons. The summed E-state index contributed by atoms with van der Waals surface area (Å²) < 4.78 is 0. The molecule has 0 aliphatic carbocycles. The van der Waals surface area contributed by atoms with E-state index in [1.165, 1.54) is 0 Å². The molecule has 0 unspecified atom stereocenters. The maximum Gasteiger partial charge on any atom is 0.255 e. The Labute approximate surface area is 135 Å². The van der Waals surface area contributed by atoms with Gasteiger partial charge in [-0.15, -0.1) is 0 Å². The number of amides is 1. The number of nitrogen functional groups attached to an aromatic ring is 2. The summed E-state index contributed by atoms with van der Waals surface area (Å²) >= 11 is 0. The van der Waals surface area contributed by atoms with Gasteiger partial charge in [0.2, 0.25) is 0 Å². The van der Waals surface area contributed by atoms with Crippen molar-refractivity contribution in [2.45, 2.75) is 0 Å². The minimum atomic E-state index is -0.0817. The SMILES string of the molecule is Nc1ccc(N)cc1.O=C(Nc1ccccc1)c1ccccc1. The Morgan fingerprint density at radius 2 is 1.09 bits per heavy atom. The van der Waals surface area contributed by atoms with Crippen LogP contribution in [0.2, 0.25) is 0 Å². The molecule has 3 aromatic carbocycles. The Hall–Kier alpha value is -3.27. The van der Waals surface area contributed by atoms with Crippen molar-refractivity contribution in [1.29, 1.82) is 0 Å². The average molecular weight is 305 g/mol. The second kappa shape index (κ2) is 8.24. The second-order valence-electron chi connectivity index (χ2n) is 4.85. The minimum absolute atomic E-state index is 0.0817. The summed E-state index contributed by atoms with van der Waals surface area (Å²) in [6.45, 7) is 0. The molecule has 0 aliphatic rings. The van der Waals surface area contributed by atoms with E-state index in [2.05, 4.69) is 5.32 Å². The standard InChI is InChI=1S/C13H11NO.C6H8N2/c15-13(11-7-3-1-4-8-11)14-12-9-5-2-6-10-12;7-5-1-2-6(8)4-3-5/h1-10H,(H,14,15);1-4H,7-8H2. The van der Waals surface area contributed by atoms with Crippen LogP contribution in [0.1, 0.15) is 10.4 Å². The largest absolute Gasteiger partial charge is 0.399 e. The molecular formula is C19H19N3O. The molecule has 0 atom stereocenters. The van der Waals surface area contributed by atoms with Crippen LogP contribution in [0.25, 0.3) is 0 Å². The van der Waals surface area contributed by atoms with Gasteiger partial charge in [-0.1, -0.05) is 36.4 Å². The summed E-state index contributed by atoms with van der Waals surface area (Å²) in [7, 11) is 0. The van der Waals surface area contributed by atoms with E-state index in [1.54, 1.807) is 36.4 Å². The number of nitrogens with two attached hydrogens (primary N) is 2. The second-order valence-corrected chi connectivity index (χ2v) is 4.85. The van der Waals surface area contributed by atoms with E-state index in [9.17, 15) is 4.79 Å². The third-order valence-corrected chi connectivity index (χ3v) is 3.00. The Kier molecular flexibility index (Phi) is 5.77. The number of carbonyl (C=O) groups excluding carboxylic acids is 1. The van der Waals surface area contributed by atoms with Gasteiger partial charge in [-0.05, 0) is 48.5 Å². The zero-order valence-corrected chi connectivity index (χ0v) is 12.6. The average Bonchev–Trinajstić information content (AvgIpc) is 2.60. The van der Waals surface area contributed by atoms with Crippen LogP contribution in [0.4, 0.5) is 17.1 Å². The zero-order chi connectivity index (χ0) is 16.5. The molecule has 116 valence electrons. The van der Waals surface area contributed by atoms with Crippen LogP contribution < -0.4 is 16.8 Å². The molecular weight excluding hydrogens is 286 g/mol. The molecule has 0 bridgehead atoms. The highest BCUT2D eigenvalue weighted by atomic mass is 16.1. The van der Waals surface area contributed by atoms with Crippen molar-refractivity contribution < 1.29 is 4.79 Å². The van der Waals surface area contributed by atoms with Gasteiger partial charge in [0.1, 0.15) is 0 Å². The first-order valence-electron chi connectivity index (χ1n) is 7.17. The lowest BCUT2D eigenvalue weighted by Crippen LogP contribution is -2.11. The molecule has 23 heavy (non-hydrogen) atoms. The minimum Gasteiger partial charge on any atom is -0.399 e. The van der Waals surface area contributed by atoms with Gasteiger partial charge in [-0.25, -0.2) is 0 Å². The molecule has 0 saturated heterocycles. The first-order chi connectivity index (χ1) is 11.1. The van der Waals surface area contributed by atoms with E-state index in [1.807, 2.05) is 48.5 Å². The third-order valence-electron chi connectivity index (χ3n) is 3.00. The monoisotopic (exact) mass is 305 g/mol. The predicted molar refractivity (Wildman–Crippen MR) is 96.1 cm³/mol. The Morgan fingerprint density at radius 1 is 0.652 bits per heavy atom. The van der Waals surface area contributed by atoms with Gasteiger partial charge in [-0.3, -0.25) is 4.79 Å².